The molecule has 0 radical (unpaired) electrons. The average Bonchev–Trinajstić information content (AvgIpc) is 2.74. The molecule has 0 saturated carbocycles. The topological polar surface area (TPSA) is 40.2 Å². The van der Waals surface area contributed by atoms with Crippen LogP contribution in [0, 0.1) is 0 Å². The Kier molecular flexibility index (Phi) is 5.64. The summed E-state index contributed by atoms with van der Waals surface area (Å²) in [6.07, 6.45) is 2.86. The van der Waals surface area contributed by atoms with Crippen LogP contribution in [-0.4, -0.2) is 43.7 Å². The van der Waals surface area contributed by atoms with Gasteiger partial charge >= 0.3 is 0 Å². The van der Waals surface area contributed by atoms with Crippen molar-refractivity contribution in [1.29, 1.82) is 0 Å². The third-order valence-corrected chi connectivity index (χ3v) is 6.24. The number of rotatable bonds is 4. The normalized spacial score (nSPS) is 17.4. The van der Waals surface area contributed by atoms with Gasteiger partial charge in [0.05, 0.1) is 28.4 Å². The Hall–Kier alpha value is -1.95. The van der Waals surface area contributed by atoms with E-state index < -0.39 is 9.83 Å². The van der Waals surface area contributed by atoms with Gasteiger partial charge < -0.3 is 23.8 Å². The summed E-state index contributed by atoms with van der Waals surface area (Å²) in [6.45, 7) is 0.673. The van der Waals surface area contributed by atoms with Crippen LogP contribution in [0.4, 0.5) is 0 Å². The number of methoxy groups -OCH3 is 4. The molecule has 1 atom stereocenters. The highest BCUT2D eigenvalue weighted by Gasteiger charge is 2.46. The third-order valence-electron chi connectivity index (χ3n) is 5.62. The van der Waals surface area contributed by atoms with Crippen molar-refractivity contribution in [1.82, 2.24) is 4.90 Å². The van der Waals surface area contributed by atoms with Gasteiger partial charge in [-0.2, -0.15) is 0 Å². The van der Waals surface area contributed by atoms with E-state index in [4.69, 9.17) is 53.8 Å². The first-order chi connectivity index (χ1) is 14.3. The number of alkyl halides is 3. The number of ether oxygens (including phenoxy) is 4. The molecule has 160 valence electrons. The molecule has 30 heavy (non-hydrogen) atoms. The monoisotopic (exact) mass is 469 g/mol. The largest absolute Gasteiger partial charge is 0.493 e. The lowest BCUT2D eigenvalue weighted by molar-refractivity contribution is 0.277. The summed E-state index contributed by atoms with van der Waals surface area (Å²) in [7, 11) is 6.44. The van der Waals surface area contributed by atoms with E-state index in [0.717, 1.165) is 34.4 Å². The van der Waals surface area contributed by atoms with Crippen LogP contribution in [-0.2, 0) is 6.42 Å². The molecule has 2 aliphatic heterocycles. The Labute approximate surface area is 191 Å². The van der Waals surface area contributed by atoms with Gasteiger partial charge in [0.25, 0.3) is 0 Å². The van der Waals surface area contributed by atoms with Crippen molar-refractivity contribution < 1.29 is 18.9 Å². The van der Waals surface area contributed by atoms with Crippen molar-refractivity contribution in [3.63, 3.8) is 0 Å². The molecule has 0 aliphatic carbocycles. The maximum atomic E-state index is 6.54. The zero-order valence-electron chi connectivity index (χ0n) is 17.1. The predicted molar refractivity (Wildman–Crippen MR) is 120 cm³/mol. The van der Waals surface area contributed by atoms with E-state index >= 15 is 0 Å². The van der Waals surface area contributed by atoms with Crippen LogP contribution < -0.4 is 18.9 Å². The van der Waals surface area contributed by atoms with E-state index in [2.05, 4.69) is 11.0 Å². The molecule has 0 saturated heterocycles. The zero-order chi connectivity index (χ0) is 21.6. The minimum Gasteiger partial charge on any atom is -0.493 e. The van der Waals surface area contributed by atoms with Gasteiger partial charge in [-0.15, -0.1) is 0 Å². The lowest BCUT2D eigenvalue weighted by Gasteiger charge is -2.45. The van der Waals surface area contributed by atoms with E-state index in [1.165, 1.54) is 0 Å². The van der Waals surface area contributed by atoms with Gasteiger partial charge in [-0.05, 0) is 41.8 Å². The van der Waals surface area contributed by atoms with Crippen molar-refractivity contribution in [2.75, 3.05) is 35.0 Å². The second kappa shape index (κ2) is 7.95. The summed E-state index contributed by atoms with van der Waals surface area (Å²) in [5.41, 5.74) is 4.86. The molecule has 0 amide bonds. The number of fused-ring (bicyclic) bond motifs is 4. The average molecular weight is 471 g/mol. The summed E-state index contributed by atoms with van der Waals surface area (Å²) < 4.78 is 20.6. The Bertz CT molecular complexity index is 1020. The molecule has 4 rings (SSSR count). The maximum absolute atomic E-state index is 6.54. The van der Waals surface area contributed by atoms with Crippen LogP contribution in [0.15, 0.2) is 24.3 Å². The van der Waals surface area contributed by atoms with E-state index in [-0.39, 0.29) is 0 Å². The molecule has 0 N–H and O–H groups in total. The highest BCUT2D eigenvalue weighted by Crippen LogP contribution is 2.56. The highest BCUT2D eigenvalue weighted by molar-refractivity contribution is 6.68. The molecule has 2 aromatic carbocycles. The Morgan fingerprint density at radius 3 is 2.17 bits per heavy atom. The second-order valence-electron chi connectivity index (χ2n) is 7.09. The summed E-state index contributed by atoms with van der Waals surface area (Å²) >= 11 is 19.6. The minimum atomic E-state index is -1.60. The fourth-order valence-corrected chi connectivity index (χ4v) is 5.01. The van der Waals surface area contributed by atoms with Crippen LogP contribution >= 0.6 is 34.8 Å². The SMILES string of the molecule is COc1cc2c(cc1OC)C1=Cc3ccc(OC)c(OC)c3[C@@H](C(Cl)(Cl)Cl)N1CC2. The maximum Gasteiger partial charge on any atom is 0.214 e. The van der Waals surface area contributed by atoms with Gasteiger partial charge in [0.2, 0.25) is 3.79 Å². The first-order valence-corrected chi connectivity index (χ1v) is 10.5. The molecule has 0 spiro atoms. The van der Waals surface area contributed by atoms with Gasteiger partial charge in [-0.25, -0.2) is 0 Å². The molecule has 2 heterocycles. The molecule has 5 nitrogen and oxygen atoms in total. The summed E-state index contributed by atoms with van der Waals surface area (Å²) in [4.78, 5) is 2.12. The minimum absolute atomic E-state index is 0.552. The van der Waals surface area contributed by atoms with Gasteiger partial charge in [0.15, 0.2) is 23.0 Å². The predicted octanol–water partition coefficient (Wildman–Crippen LogP) is 5.50. The Balaban J connectivity index is 1.98. The lowest BCUT2D eigenvalue weighted by atomic mass is 9.86. The van der Waals surface area contributed by atoms with Crippen LogP contribution in [0.2, 0.25) is 0 Å². The Morgan fingerprint density at radius 1 is 0.900 bits per heavy atom. The summed E-state index contributed by atoms with van der Waals surface area (Å²) in [6, 6.07) is 7.26. The number of hydrogen-bond donors (Lipinski definition) is 0. The number of halogens is 3. The van der Waals surface area contributed by atoms with Gasteiger partial charge in [0.1, 0.15) is 6.04 Å². The molecule has 0 bridgehead atoms. The van der Waals surface area contributed by atoms with Crippen molar-refractivity contribution >= 4 is 46.6 Å². The third kappa shape index (κ3) is 3.33. The van der Waals surface area contributed by atoms with Gasteiger partial charge in [-0.3, -0.25) is 0 Å². The van der Waals surface area contributed by atoms with Crippen molar-refractivity contribution in [3.8, 4) is 23.0 Å². The van der Waals surface area contributed by atoms with E-state index in [1.807, 2.05) is 24.3 Å². The quantitative estimate of drug-likeness (QED) is 0.552. The van der Waals surface area contributed by atoms with Gasteiger partial charge in [0, 0.05) is 23.4 Å². The Morgan fingerprint density at radius 2 is 1.57 bits per heavy atom. The zero-order valence-corrected chi connectivity index (χ0v) is 19.4. The number of hydrogen-bond acceptors (Lipinski definition) is 5. The molecule has 0 fully saturated rings. The second-order valence-corrected chi connectivity index (χ2v) is 9.45. The molecule has 2 aliphatic rings. The summed E-state index contributed by atoms with van der Waals surface area (Å²) in [5.74, 6) is 2.52. The smallest absolute Gasteiger partial charge is 0.214 e. The van der Waals surface area contributed by atoms with E-state index in [0.29, 0.717) is 29.5 Å². The van der Waals surface area contributed by atoms with Crippen molar-refractivity contribution in [3.05, 3.63) is 46.5 Å². The first-order valence-electron chi connectivity index (χ1n) is 9.39. The molecule has 8 heteroatoms. The molecule has 2 aromatic rings. The van der Waals surface area contributed by atoms with Crippen LogP contribution in [0.25, 0.3) is 11.8 Å². The number of nitrogens with zero attached hydrogens (tertiary/aromatic N) is 1. The standard InChI is InChI=1S/C22H22Cl3NO4/c1-27-16-6-5-13-9-15-14-11-18(29-3)17(28-2)10-12(14)7-8-26(15)21(22(23,24)25)19(13)20(16)30-4/h5-6,9-11,21H,7-8H2,1-4H3/t21-/m0/s1. The summed E-state index contributed by atoms with van der Waals surface area (Å²) in [5, 5.41) is 0. The molecule has 0 unspecified atom stereocenters. The van der Waals surface area contributed by atoms with Crippen molar-refractivity contribution in [2.24, 2.45) is 0 Å². The van der Waals surface area contributed by atoms with Crippen LogP contribution in [0.3, 0.4) is 0 Å². The van der Waals surface area contributed by atoms with Crippen LogP contribution in [0.5, 0.6) is 23.0 Å². The number of benzene rings is 2. The van der Waals surface area contributed by atoms with Crippen molar-refractivity contribution in [2.45, 2.75) is 16.3 Å². The fourth-order valence-electron chi connectivity index (χ4n) is 4.33. The van der Waals surface area contributed by atoms with Gasteiger partial charge in [-0.1, -0.05) is 40.9 Å². The molecular formula is C22H22Cl3NO4. The molecular weight excluding hydrogens is 449 g/mol. The van der Waals surface area contributed by atoms with Crippen LogP contribution in [0.1, 0.15) is 28.3 Å². The van der Waals surface area contributed by atoms with E-state index in [1.54, 1.807) is 28.4 Å². The van der Waals surface area contributed by atoms with E-state index in [9.17, 15) is 0 Å². The highest BCUT2D eigenvalue weighted by atomic mass is 35.6. The lowest BCUT2D eigenvalue weighted by Crippen LogP contribution is -2.41. The fraction of sp³-hybridized carbons (Fsp3) is 0.364. The first kappa shape index (κ1) is 21.3. The molecule has 0 aromatic heterocycles.